The number of amidine groups is 2. The quantitative estimate of drug-likeness (QED) is 0.121. The first kappa shape index (κ1) is 41.2. The standard InChI is InChI=1S/C66H44N6/c67-65(72(50-39-35-44(36-40-50)43-19-4-1-5-20-43)66(68)52-31-18-22-45-21-10-11-27-51(45)52)46-37-41-49(42-38-46)71-58-34-17-14-30-55(58)61-63-59(53-28-12-15-32-56(53)69(63)47-23-6-2-7-24-47)62-60(64(61)71)54-29-13-16-33-57(54)70(62)48-25-8-3-9-26-48/h1-42,67-68H. The van der Waals surface area contributed by atoms with Crippen LogP contribution in [0.3, 0.4) is 0 Å². The summed E-state index contributed by atoms with van der Waals surface area (Å²) in [5.41, 5.74) is 14.3. The molecule has 0 bridgehead atoms. The third-order valence-electron chi connectivity index (χ3n) is 14.5. The molecule has 0 radical (unpaired) electrons. The number of rotatable bonds is 7. The third kappa shape index (κ3) is 6.22. The highest BCUT2D eigenvalue weighted by Crippen LogP contribution is 2.50. The first-order chi connectivity index (χ1) is 35.6. The number of nitrogens with one attached hydrogen (secondary N) is 2. The molecule has 6 heteroatoms. The van der Waals surface area contributed by atoms with Gasteiger partial charge in [0.05, 0.1) is 33.1 Å². The molecule has 0 fully saturated rings. The third-order valence-corrected chi connectivity index (χ3v) is 14.5. The van der Waals surface area contributed by atoms with E-state index in [1.165, 1.54) is 26.9 Å². The molecule has 14 aromatic rings. The lowest BCUT2D eigenvalue weighted by atomic mass is 10.0. The predicted octanol–water partition coefficient (Wildman–Crippen LogP) is 16.7. The van der Waals surface area contributed by atoms with Crippen molar-refractivity contribution in [3.63, 3.8) is 0 Å². The van der Waals surface area contributed by atoms with Gasteiger partial charge >= 0.3 is 0 Å². The zero-order chi connectivity index (χ0) is 47.9. The fraction of sp³-hybridized carbons (Fsp3) is 0. The number of hydrogen-bond acceptors (Lipinski definition) is 2. The number of para-hydroxylation sites is 5. The molecule has 0 saturated carbocycles. The lowest BCUT2D eigenvalue weighted by Gasteiger charge is -2.27. The van der Waals surface area contributed by atoms with Gasteiger partial charge in [0.25, 0.3) is 0 Å². The van der Waals surface area contributed by atoms with Gasteiger partial charge < -0.3 is 13.7 Å². The normalized spacial score (nSPS) is 11.7. The molecule has 11 aromatic carbocycles. The monoisotopic (exact) mass is 920 g/mol. The summed E-state index contributed by atoms with van der Waals surface area (Å²) in [6, 6.07) is 89.1. The Bertz CT molecular complexity index is 4370. The molecule has 3 heterocycles. The van der Waals surface area contributed by atoms with Gasteiger partial charge in [0, 0.05) is 66.2 Å². The molecular weight excluding hydrogens is 877 g/mol. The predicted molar refractivity (Wildman–Crippen MR) is 301 cm³/mol. The average Bonchev–Trinajstić information content (AvgIpc) is 4.11. The summed E-state index contributed by atoms with van der Waals surface area (Å²) in [5, 5.41) is 29.0. The molecule has 0 aliphatic heterocycles. The second-order valence-electron chi connectivity index (χ2n) is 18.4. The summed E-state index contributed by atoms with van der Waals surface area (Å²) in [4.78, 5) is 1.77. The summed E-state index contributed by atoms with van der Waals surface area (Å²) >= 11 is 0. The molecule has 0 amide bonds. The molecule has 0 aliphatic rings. The first-order valence-corrected chi connectivity index (χ1v) is 24.4. The van der Waals surface area contributed by atoms with Crippen LogP contribution in [0.2, 0.25) is 0 Å². The smallest absolute Gasteiger partial charge is 0.139 e. The highest BCUT2D eigenvalue weighted by Gasteiger charge is 2.29. The van der Waals surface area contributed by atoms with Crippen LogP contribution >= 0.6 is 0 Å². The van der Waals surface area contributed by atoms with Crippen molar-refractivity contribution in [1.29, 1.82) is 10.8 Å². The molecule has 338 valence electrons. The van der Waals surface area contributed by atoms with E-state index in [9.17, 15) is 10.8 Å². The molecule has 0 unspecified atom stereocenters. The molecular formula is C66H44N6. The Morgan fingerprint density at radius 2 is 0.694 bits per heavy atom. The molecule has 14 rings (SSSR count). The fourth-order valence-corrected chi connectivity index (χ4v) is 11.4. The number of nitrogens with zero attached hydrogens (tertiary/aromatic N) is 4. The summed E-state index contributed by atoms with van der Waals surface area (Å²) in [5.74, 6) is 0.433. The van der Waals surface area contributed by atoms with Crippen molar-refractivity contribution in [2.24, 2.45) is 0 Å². The van der Waals surface area contributed by atoms with Crippen LogP contribution in [-0.2, 0) is 0 Å². The van der Waals surface area contributed by atoms with Crippen LogP contribution < -0.4 is 4.90 Å². The maximum atomic E-state index is 10.0. The van der Waals surface area contributed by atoms with E-state index in [1.807, 2.05) is 66.7 Å². The Labute approximate surface area is 415 Å². The molecule has 0 saturated heterocycles. The number of benzene rings is 11. The molecule has 2 N–H and O–H groups in total. The summed E-state index contributed by atoms with van der Waals surface area (Å²) in [7, 11) is 0. The van der Waals surface area contributed by atoms with Crippen molar-refractivity contribution in [3.05, 3.63) is 266 Å². The van der Waals surface area contributed by atoms with Crippen molar-refractivity contribution in [1.82, 2.24) is 13.7 Å². The first-order valence-electron chi connectivity index (χ1n) is 24.4. The van der Waals surface area contributed by atoms with Gasteiger partial charge in [0.15, 0.2) is 0 Å². The number of aromatic nitrogens is 3. The summed E-state index contributed by atoms with van der Waals surface area (Å²) in [6.45, 7) is 0. The van der Waals surface area contributed by atoms with Crippen LogP contribution in [0.4, 0.5) is 5.69 Å². The molecule has 0 aliphatic carbocycles. The van der Waals surface area contributed by atoms with Crippen molar-refractivity contribution < 1.29 is 0 Å². The van der Waals surface area contributed by atoms with Crippen LogP contribution in [0, 0.1) is 10.8 Å². The van der Waals surface area contributed by atoms with Crippen LogP contribution in [0.25, 0.3) is 104 Å². The maximum Gasteiger partial charge on any atom is 0.139 e. The number of hydrogen-bond donors (Lipinski definition) is 2. The Morgan fingerprint density at radius 3 is 1.19 bits per heavy atom. The molecule has 0 atom stereocenters. The van der Waals surface area contributed by atoms with Gasteiger partial charge in [-0.1, -0.05) is 176 Å². The van der Waals surface area contributed by atoms with Crippen molar-refractivity contribution >= 4 is 93.5 Å². The topological polar surface area (TPSA) is 65.7 Å². The van der Waals surface area contributed by atoms with E-state index in [-0.39, 0.29) is 11.7 Å². The largest absolute Gasteiger partial charge is 0.308 e. The Kier molecular flexibility index (Phi) is 9.41. The van der Waals surface area contributed by atoms with Crippen molar-refractivity contribution in [2.75, 3.05) is 4.90 Å². The van der Waals surface area contributed by atoms with Crippen molar-refractivity contribution in [2.45, 2.75) is 0 Å². The maximum absolute atomic E-state index is 10.0. The summed E-state index contributed by atoms with van der Waals surface area (Å²) < 4.78 is 7.37. The molecule has 72 heavy (non-hydrogen) atoms. The van der Waals surface area contributed by atoms with E-state index < -0.39 is 0 Å². The van der Waals surface area contributed by atoms with Gasteiger partial charge in [0.1, 0.15) is 11.7 Å². The molecule has 0 spiro atoms. The number of fused-ring (bicyclic) bond motifs is 13. The second-order valence-corrected chi connectivity index (χ2v) is 18.4. The Hall–Kier alpha value is -9.78. The SMILES string of the molecule is N=C(c1ccc(-n2c3ccccc3c3c4c(c5ccccc5n4-c4ccccc4)c4c(c5ccccc5n4-c4ccccc4)c32)cc1)N(C(=N)c1cccc2ccccc12)c1ccc(-c2ccccc2)cc1. The van der Waals surface area contributed by atoms with Crippen LogP contribution in [-0.4, -0.2) is 25.4 Å². The van der Waals surface area contributed by atoms with Gasteiger partial charge in [-0.3, -0.25) is 15.7 Å². The minimum absolute atomic E-state index is 0.205. The molecule has 3 aromatic heterocycles. The number of anilines is 1. The Morgan fingerprint density at radius 1 is 0.306 bits per heavy atom. The van der Waals surface area contributed by atoms with Crippen LogP contribution in [0.15, 0.2) is 255 Å². The van der Waals surface area contributed by atoms with E-state index in [1.54, 1.807) is 4.90 Å². The minimum Gasteiger partial charge on any atom is -0.308 e. The Balaban J connectivity index is 1.02. The van der Waals surface area contributed by atoms with Crippen LogP contribution in [0.1, 0.15) is 11.1 Å². The summed E-state index contributed by atoms with van der Waals surface area (Å²) in [6.07, 6.45) is 0. The highest BCUT2D eigenvalue weighted by molar-refractivity contribution is 6.40. The van der Waals surface area contributed by atoms with Crippen molar-refractivity contribution in [3.8, 4) is 28.2 Å². The lowest BCUT2D eigenvalue weighted by molar-refractivity contribution is 1.17. The van der Waals surface area contributed by atoms with E-state index in [0.29, 0.717) is 5.56 Å². The average molecular weight is 921 g/mol. The lowest BCUT2D eigenvalue weighted by Crippen LogP contribution is -2.37. The minimum atomic E-state index is 0.205. The molecule has 6 nitrogen and oxygen atoms in total. The van der Waals surface area contributed by atoms with E-state index in [2.05, 4.69) is 202 Å². The van der Waals surface area contributed by atoms with Gasteiger partial charge in [-0.05, 0) is 101 Å². The zero-order valence-corrected chi connectivity index (χ0v) is 39.0. The van der Waals surface area contributed by atoms with E-state index in [4.69, 9.17) is 0 Å². The van der Waals surface area contributed by atoms with Gasteiger partial charge in [0.2, 0.25) is 0 Å². The second kappa shape index (κ2) is 16.4. The zero-order valence-electron chi connectivity index (χ0n) is 39.0. The van der Waals surface area contributed by atoms with Gasteiger partial charge in [-0.25, -0.2) is 0 Å². The highest BCUT2D eigenvalue weighted by atomic mass is 15.2. The van der Waals surface area contributed by atoms with Gasteiger partial charge in [-0.15, -0.1) is 0 Å². The fourth-order valence-electron chi connectivity index (χ4n) is 11.4. The van der Waals surface area contributed by atoms with Gasteiger partial charge in [-0.2, -0.15) is 0 Å². The van der Waals surface area contributed by atoms with E-state index >= 15 is 0 Å². The van der Waals surface area contributed by atoms with E-state index in [0.717, 1.165) is 88.7 Å². The van der Waals surface area contributed by atoms with Crippen LogP contribution in [0.5, 0.6) is 0 Å².